The molecule has 0 aliphatic carbocycles. The number of hydrogen-bond donors (Lipinski definition) is 3. The lowest BCUT2D eigenvalue weighted by atomic mass is 10.00. The van der Waals surface area contributed by atoms with Gasteiger partial charge in [-0.05, 0) is 29.0 Å². The predicted molar refractivity (Wildman–Crippen MR) is 125 cm³/mol. The third-order valence-corrected chi connectivity index (χ3v) is 5.42. The maximum absolute atomic E-state index is 14.9. The molecule has 0 fully saturated rings. The van der Waals surface area contributed by atoms with Crippen molar-refractivity contribution in [1.29, 1.82) is 0 Å². The Morgan fingerprint density at radius 2 is 2.08 bits per heavy atom. The minimum atomic E-state index is -0.936. The Labute approximate surface area is 212 Å². The number of halogens is 3. The Hall–Kier alpha value is -4.04. The first-order valence-electron chi connectivity index (χ1n) is 10.2. The first-order chi connectivity index (χ1) is 17.2. The van der Waals surface area contributed by atoms with E-state index in [2.05, 4.69) is 41.7 Å². The molecule has 16 heteroatoms. The third-order valence-electron chi connectivity index (χ3n) is 4.90. The Balaban J connectivity index is 1.41. The number of nitrogens with zero attached hydrogens (tertiary/aromatic N) is 6. The van der Waals surface area contributed by atoms with E-state index in [1.54, 1.807) is 13.1 Å². The van der Waals surface area contributed by atoms with Gasteiger partial charge in [0.25, 0.3) is 5.91 Å². The summed E-state index contributed by atoms with van der Waals surface area (Å²) in [6.45, 7) is -0.264. The molecule has 1 aliphatic rings. The molecular formula is C20H18Cl2FN9O4. The number of benzene rings is 1. The van der Waals surface area contributed by atoms with Crippen LogP contribution in [0.15, 0.2) is 29.6 Å². The van der Waals surface area contributed by atoms with E-state index < -0.39 is 23.9 Å². The minimum Gasteiger partial charge on any atom is -0.482 e. The highest BCUT2D eigenvalue weighted by molar-refractivity contribution is 6.37. The van der Waals surface area contributed by atoms with Gasteiger partial charge in [0.05, 0.1) is 37.8 Å². The van der Waals surface area contributed by atoms with Gasteiger partial charge in [-0.15, -0.1) is 10.2 Å². The Morgan fingerprint density at radius 1 is 1.28 bits per heavy atom. The molecule has 1 aromatic carbocycles. The molecule has 2 aromatic heterocycles. The molecule has 1 atom stereocenters. The van der Waals surface area contributed by atoms with E-state index in [0.717, 1.165) is 0 Å². The Morgan fingerprint density at radius 3 is 2.75 bits per heavy atom. The Kier molecular flexibility index (Phi) is 7.45. The van der Waals surface area contributed by atoms with Crippen LogP contribution in [0.5, 0.6) is 0 Å². The van der Waals surface area contributed by atoms with Crippen molar-refractivity contribution in [3.63, 3.8) is 0 Å². The molecule has 3 amide bonds. The van der Waals surface area contributed by atoms with Crippen LogP contribution in [0.1, 0.15) is 12.1 Å². The van der Waals surface area contributed by atoms with E-state index in [-0.39, 0.29) is 35.4 Å². The summed E-state index contributed by atoms with van der Waals surface area (Å²) in [7, 11) is 2.99. The van der Waals surface area contributed by atoms with Crippen LogP contribution in [-0.2, 0) is 28.0 Å². The summed E-state index contributed by atoms with van der Waals surface area (Å²) < 4.78 is 19.7. The fraction of sp³-hybridized carbons (Fsp3) is 0.250. The maximum atomic E-state index is 14.9. The van der Waals surface area contributed by atoms with Crippen LogP contribution in [0.2, 0.25) is 10.0 Å². The molecule has 0 bridgehead atoms. The molecule has 0 radical (unpaired) electrons. The molecule has 0 saturated carbocycles. The van der Waals surface area contributed by atoms with Gasteiger partial charge >= 0.3 is 6.03 Å². The SMILES string of the molecule is COC1=NOC(C(=O)NNC(=O)NCc2ncc(-c3cc(Cl)cc(Cl)c3-c3nnn(C)n3)cc2F)C1. The monoisotopic (exact) mass is 537 g/mol. The number of tetrazole rings is 1. The van der Waals surface area contributed by atoms with Crippen molar-refractivity contribution in [1.82, 2.24) is 41.4 Å². The van der Waals surface area contributed by atoms with Gasteiger partial charge < -0.3 is 14.9 Å². The number of pyridine rings is 1. The molecule has 3 N–H and O–H groups in total. The lowest BCUT2D eigenvalue weighted by Crippen LogP contribution is -2.50. The molecule has 1 aliphatic heterocycles. The highest BCUT2D eigenvalue weighted by Gasteiger charge is 2.29. The molecule has 36 heavy (non-hydrogen) atoms. The standard InChI is InChI=1S/C20H18Cl2FN9O4/c1-32-29-18(26-31-32)17-11(4-10(21)5-12(17)22)9-3-13(23)14(24-7-9)8-25-20(34)28-27-19(33)15-6-16(35-2)30-36-15/h3-5,7,15H,6,8H2,1-2H3,(H,27,33)(H2,25,28,34). The number of aryl methyl sites for hydroxylation is 1. The number of carbonyl (C=O) groups excluding carboxylic acids is 2. The van der Waals surface area contributed by atoms with Gasteiger partial charge in [-0.3, -0.25) is 15.2 Å². The second-order valence-corrected chi connectivity index (χ2v) is 8.19. The van der Waals surface area contributed by atoms with Crippen LogP contribution in [-0.4, -0.2) is 56.2 Å². The van der Waals surface area contributed by atoms with Gasteiger partial charge in [0.1, 0.15) is 5.82 Å². The number of carbonyl (C=O) groups is 2. The first kappa shape index (κ1) is 25.1. The smallest absolute Gasteiger partial charge is 0.333 e. The van der Waals surface area contributed by atoms with Crippen molar-refractivity contribution in [3.05, 3.63) is 46.0 Å². The molecule has 3 aromatic rings. The minimum absolute atomic E-state index is 0.0511. The molecule has 0 spiro atoms. The number of aromatic nitrogens is 5. The largest absolute Gasteiger partial charge is 0.482 e. The van der Waals surface area contributed by atoms with Crippen LogP contribution in [0.25, 0.3) is 22.5 Å². The van der Waals surface area contributed by atoms with Gasteiger partial charge in [-0.1, -0.05) is 28.4 Å². The summed E-state index contributed by atoms with van der Waals surface area (Å²) in [4.78, 5) is 34.2. The van der Waals surface area contributed by atoms with Gasteiger partial charge in [-0.25, -0.2) is 14.6 Å². The second kappa shape index (κ2) is 10.7. The van der Waals surface area contributed by atoms with Crippen molar-refractivity contribution in [2.45, 2.75) is 19.1 Å². The van der Waals surface area contributed by atoms with Crippen molar-refractivity contribution < 1.29 is 23.6 Å². The number of nitrogens with one attached hydrogen (secondary N) is 3. The fourth-order valence-corrected chi connectivity index (χ4v) is 3.76. The van der Waals surface area contributed by atoms with Gasteiger partial charge in [-0.2, -0.15) is 4.80 Å². The van der Waals surface area contributed by atoms with Crippen molar-refractivity contribution in [3.8, 4) is 22.5 Å². The summed E-state index contributed by atoms with van der Waals surface area (Å²) in [5.41, 5.74) is 5.47. The summed E-state index contributed by atoms with van der Waals surface area (Å²) in [5.74, 6) is -0.852. The highest BCUT2D eigenvalue weighted by Crippen LogP contribution is 2.38. The van der Waals surface area contributed by atoms with E-state index in [0.29, 0.717) is 21.7 Å². The lowest BCUT2D eigenvalue weighted by molar-refractivity contribution is -0.131. The van der Waals surface area contributed by atoms with E-state index in [4.69, 9.17) is 32.8 Å². The number of methoxy groups -OCH3 is 1. The van der Waals surface area contributed by atoms with Crippen LogP contribution < -0.4 is 16.2 Å². The van der Waals surface area contributed by atoms with E-state index >= 15 is 0 Å². The van der Waals surface area contributed by atoms with Gasteiger partial charge in [0.2, 0.25) is 17.8 Å². The highest BCUT2D eigenvalue weighted by atomic mass is 35.5. The summed E-state index contributed by atoms with van der Waals surface area (Å²) in [5, 5.41) is 18.5. The fourth-order valence-electron chi connectivity index (χ4n) is 3.18. The summed E-state index contributed by atoms with van der Waals surface area (Å²) in [6.07, 6.45) is 0.584. The average molecular weight is 538 g/mol. The van der Waals surface area contributed by atoms with Crippen LogP contribution in [0.3, 0.4) is 0 Å². The topological polar surface area (TPSA) is 158 Å². The molecule has 3 heterocycles. The zero-order valence-electron chi connectivity index (χ0n) is 18.8. The van der Waals surface area contributed by atoms with Crippen LogP contribution >= 0.6 is 23.2 Å². The molecular weight excluding hydrogens is 520 g/mol. The molecule has 0 saturated heterocycles. The number of urea groups is 1. The molecule has 13 nitrogen and oxygen atoms in total. The summed E-state index contributed by atoms with van der Waals surface area (Å²) >= 11 is 12.5. The zero-order valence-corrected chi connectivity index (χ0v) is 20.3. The molecule has 4 rings (SSSR count). The number of hydrazine groups is 1. The maximum Gasteiger partial charge on any atom is 0.333 e. The quantitative estimate of drug-likeness (QED) is 0.416. The second-order valence-electron chi connectivity index (χ2n) is 7.35. The average Bonchev–Trinajstić information content (AvgIpc) is 3.50. The van der Waals surface area contributed by atoms with Crippen molar-refractivity contribution in [2.24, 2.45) is 12.2 Å². The van der Waals surface area contributed by atoms with E-state index in [1.165, 1.54) is 30.2 Å². The van der Waals surface area contributed by atoms with Gasteiger partial charge in [0, 0.05) is 22.3 Å². The Bertz CT molecular complexity index is 1350. The van der Waals surface area contributed by atoms with Crippen LogP contribution in [0, 0.1) is 5.82 Å². The molecule has 1 unspecified atom stereocenters. The predicted octanol–water partition coefficient (Wildman–Crippen LogP) is 1.96. The normalized spacial score (nSPS) is 14.6. The number of amides is 3. The van der Waals surface area contributed by atoms with E-state index in [1.807, 2.05) is 0 Å². The van der Waals surface area contributed by atoms with Crippen molar-refractivity contribution >= 4 is 41.0 Å². The number of ether oxygens (including phenoxy) is 1. The van der Waals surface area contributed by atoms with Gasteiger partial charge in [0.15, 0.2) is 0 Å². The zero-order chi connectivity index (χ0) is 25.8. The molecule has 188 valence electrons. The first-order valence-corrected chi connectivity index (χ1v) is 11.0. The van der Waals surface area contributed by atoms with E-state index in [9.17, 15) is 14.0 Å². The number of oxime groups is 1. The number of rotatable bonds is 5. The van der Waals surface area contributed by atoms with Crippen molar-refractivity contribution in [2.75, 3.05) is 7.11 Å². The third kappa shape index (κ3) is 5.60. The lowest BCUT2D eigenvalue weighted by Gasteiger charge is -2.13. The number of hydrogen-bond acceptors (Lipinski definition) is 9. The van der Waals surface area contributed by atoms with Crippen LogP contribution in [0.4, 0.5) is 9.18 Å². The summed E-state index contributed by atoms with van der Waals surface area (Å²) in [6, 6.07) is 3.52.